The van der Waals surface area contributed by atoms with E-state index in [9.17, 15) is 5.11 Å². The minimum Gasteiger partial charge on any atom is -0.394 e. The van der Waals surface area contributed by atoms with Gasteiger partial charge < -0.3 is 10.8 Å². The second kappa shape index (κ2) is 3.00. The van der Waals surface area contributed by atoms with Crippen LogP contribution in [0.25, 0.3) is 0 Å². The molecule has 0 bridgehead atoms. The van der Waals surface area contributed by atoms with Crippen LogP contribution in [0.3, 0.4) is 0 Å². The van der Waals surface area contributed by atoms with Crippen LogP contribution in [0.2, 0.25) is 0 Å². The van der Waals surface area contributed by atoms with Crippen molar-refractivity contribution in [2.75, 3.05) is 6.61 Å². The van der Waals surface area contributed by atoms with Crippen LogP contribution in [0, 0.1) is 10.8 Å². The van der Waals surface area contributed by atoms with Gasteiger partial charge in [-0.2, -0.15) is 0 Å². The van der Waals surface area contributed by atoms with Gasteiger partial charge in [-0.05, 0) is 10.8 Å². The van der Waals surface area contributed by atoms with Crippen molar-refractivity contribution in [2.24, 2.45) is 16.6 Å². The number of rotatable bonds is 1. The van der Waals surface area contributed by atoms with Crippen molar-refractivity contribution in [1.29, 1.82) is 0 Å². The summed E-state index contributed by atoms with van der Waals surface area (Å²) in [7, 11) is 0. The lowest BCUT2D eigenvalue weighted by Crippen LogP contribution is -2.62. The normalized spacial score (nSPS) is 15.0. The zero-order valence-corrected chi connectivity index (χ0v) is 9.23. The fraction of sp³-hybridized carbons (Fsp3) is 1.00. The summed E-state index contributed by atoms with van der Waals surface area (Å²) in [4.78, 5) is 0. The largest absolute Gasteiger partial charge is 0.394 e. The van der Waals surface area contributed by atoms with E-state index in [1.165, 1.54) is 0 Å². The number of aliphatic hydroxyl groups is 1. The van der Waals surface area contributed by atoms with Crippen molar-refractivity contribution in [3.63, 3.8) is 0 Å². The van der Waals surface area contributed by atoms with Crippen LogP contribution in [-0.2, 0) is 0 Å². The Labute approximate surface area is 76.2 Å². The molecule has 74 valence electrons. The molecule has 0 aromatic heterocycles. The molecule has 0 amide bonds. The maximum absolute atomic E-state index is 9.33. The Morgan fingerprint density at radius 3 is 1.17 bits per heavy atom. The highest BCUT2D eigenvalue weighted by Crippen LogP contribution is 2.41. The average molecular weight is 173 g/mol. The number of nitrogens with two attached hydrogens (primary N) is 1. The Morgan fingerprint density at radius 2 is 1.17 bits per heavy atom. The Bertz CT molecular complexity index is 136. The molecular weight excluding hydrogens is 150 g/mol. The van der Waals surface area contributed by atoms with Crippen molar-refractivity contribution in [1.82, 2.24) is 0 Å². The molecule has 0 aromatic carbocycles. The predicted octanol–water partition coefficient (Wildman–Crippen LogP) is 1.77. The second-order valence-corrected chi connectivity index (χ2v) is 5.63. The molecule has 3 N–H and O–H groups in total. The molecule has 0 atom stereocenters. The first kappa shape index (κ1) is 11.9. The molecule has 0 fully saturated rings. The highest BCUT2D eigenvalue weighted by atomic mass is 16.3. The quantitative estimate of drug-likeness (QED) is 0.635. The van der Waals surface area contributed by atoms with Crippen molar-refractivity contribution in [3.05, 3.63) is 0 Å². The second-order valence-electron chi connectivity index (χ2n) is 5.63. The van der Waals surface area contributed by atoms with Crippen LogP contribution in [0.4, 0.5) is 0 Å². The third-order valence-electron chi connectivity index (χ3n) is 2.93. The molecule has 2 nitrogen and oxygen atoms in total. The molecule has 0 radical (unpaired) electrons. The lowest BCUT2D eigenvalue weighted by molar-refractivity contribution is 0.00606. The van der Waals surface area contributed by atoms with E-state index in [-0.39, 0.29) is 17.4 Å². The van der Waals surface area contributed by atoms with E-state index in [1.807, 2.05) is 0 Å². The van der Waals surface area contributed by atoms with Gasteiger partial charge in [-0.1, -0.05) is 41.5 Å². The average Bonchev–Trinajstić information content (AvgIpc) is 1.81. The minimum atomic E-state index is -0.528. The van der Waals surface area contributed by atoms with Gasteiger partial charge in [-0.3, -0.25) is 0 Å². The van der Waals surface area contributed by atoms with Crippen molar-refractivity contribution < 1.29 is 5.11 Å². The van der Waals surface area contributed by atoms with Gasteiger partial charge in [0.05, 0.1) is 6.61 Å². The number of hydrogen-bond acceptors (Lipinski definition) is 2. The first-order valence-electron chi connectivity index (χ1n) is 4.46. The fourth-order valence-corrected chi connectivity index (χ4v) is 1.60. The number of hydrogen-bond donors (Lipinski definition) is 2. The summed E-state index contributed by atoms with van der Waals surface area (Å²) in [6.07, 6.45) is 0. The summed E-state index contributed by atoms with van der Waals surface area (Å²) in [5, 5.41) is 9.33. The summed E-state index contributed by atoms with van der Waals surface area (Å²) in [5.41, 5.74) is 5.51. The molecule has 12 heavy (non-hydrogen) atoms. The molecule has 0 aliphatic rings. The zero-order chi connectivity index (χ0) is 10.2. The SMILES string of the molecule is CC(C)(C)C(N)(CO)C(C)(C)C. The van der Waals surface area contributed by atoms with Crippen LogP contribution in [-0.4, -0.2) is 17.3 Å². The fourth-order valence-electron chi connectivity index (χ4n) is 1.60. The maximum atomic E-state index is 9.33. The number of aliphatic hydroxyl groups excluding tert-OH is 1. The van der Waals surface area contributed by atoms with E-state index in [4.69, 9.17) is 5.73 Å². The van der Waals surface area contributed by atoms with Crippen molar-refractivity contribution in [2.45, 2.75) is 47.1 Å². The van der Waals surface area contributed by atoms with Gasteiger partial charge in [-0.15, -0.1) is 0 Å². The summed E-state index contributed by atoms with van der Waals surface area (Å²) in [5.74, 6) is 0. The van der Waals surface area contributed by atoms with Crippen LogP contribution in [0.1, 0.15) is 41.5 Å². The zero-order valence-electron chi connectivity index (χ0n) is 9.23. The Kier molecular flexibility index (Phi) is 2.98. The lowest BCUT2D eigenvalue weighted by Gasteiger charge is -2.49. The van der Waals surface area contributed by atoms with E-state index >= 15 is 0 Å². The van der Waals surface area contributed by atoms with Gasteiger partial charge in [0.2, 0.25) is 0 Å². The molecule has 0 rings (SSSR count). The molecule has 0 unspecified atom stereocenters. The van der Waals surface area contributed by atoms with Crippen LogP contribution in [0.15, 0.2) is 0 Å². The highest BCUT2D eigenvalue weighted by Gasteiger charge is 2.46. The van der Waals surface area contributed by atoms with E-state index in [2.05, 4.69) is 41.5 Å². The maximum Gasteiger partial charge on any atom is 0.0621 e. The molecule has 0 aliphatic heterocycles. The molecule has 0 aliphatic carbocycles. The third-order valence-corrected chi connectivity index (χ3v) is 2.93. The molecule has 0 saturated carbocycles. The van der Waals surface area contributed by atoms with Crippen molar-refractivity contribution in [3.8, 4) is 0 Å². The first-order chi connectivity index (χ1) is 5.06. The van der Waals surface area contributed by atoms with E-state index in [0.29, 0.717) is 0 Å². The standard InChI is InChI=1S/C10H23NO/c1-8(2,3)10(11,7-12)9(4,5)6/h12H,7,11H2,1-6H3. The van der Waals surface area contributed by atoms with Gasteiger partial charge in [0.25, 0.3) is 0 Å². The molecule has 0 aromatic rings. The van der Waals surface area contributed by atoms with Gasteiger partial charge in [0.15, 0.2) is 0 Å². The van der Waals surface area contributed by atoms with Crippen molar-refractivity contribution >= 4 is 0 Å². The van der Waals surface area contributed by atoms with E-state index in [1.54, 1.807) is 0 Å². The van der Waals surface area contributed by atoms with Crippen LogP contribution < -0.4 is 5.73 Å². The Morgan fingerprint density at radius 1 is 0.917 bits per heavy atom. The lowest BCUT2D eigenvalue weighted by atomic mass is 9.61. The third kappa shape index (κ3) is 1.80. The Hall–Kier alpha value is -0.0800. The first-order valence-corrected chi connectivity index (χ1v) is 4.46. The van der Waals surface area contributed by atoms with Crippen LogP contribution in [0.5, 0.6) is 0 Å². The monoisotopic (exact) mass is 173 g/mol. The van der Waals surface area contributed by atoms with Gasteiger partial charge in [0, 0.05) is 5.54 Å². The molecule has 0 heterocycles. The van der Waals surface area contributed by atoms with E-state index in [0.717, 1.165) is 0 Å². The summed E-state index contributed by atoms with van der Waals surface area (Å²) in [6.45, 7) is 12.4. The van der Waals surface area contributed by atoms with Gasteiger partial charge in [-0.25, -0.2) is 0 Å². The minimum absolute atomic E-state index is 0.0278. The molecule has 0 spiro atoms. The molecule has 2 heteroatoms. The van der Waals surface area contributed by atoms with Gasteiger partial charge >= 0.3 is 0 Å². The van der Waals surface area contributed by atoms with Gasteiger partial charge in [0.1, 0.15) is 0 Å². The summed E-state index contributed by atoms with van der Waals surface area (Å²) >= 11 is 0. The topological polar surface area (TPSA) is 46.2 Å². The highest BCUT2D eigenvalue weighted by molar-refractivity contribution is 5.03. The smallest absolute Gasteiger partial charge is 0.0621 e. The molecule has 0 saturated heterocycles. The Balaban J connectivity index is 4.95. The van der Waals surface area contributed by atoms with E-state index < -0.39 is 5.54 Å². The summed E-state index contributed by atoms with van der Waals surface area (Å²) < 4.78 is 0. The molecular formula is C10H23NO. The summed E-state index contributed by atoms with van der Waals surface area (Å²) in [6, 6.07) is 0. The predicted molar refractivity (Wildman–Crippen MR) is 52.9 cm³/mol. The van der Waals surface area contributed by atoms with Crippen LogP contribution >= 0.6 is 0 Å².